The number of methoxy groups -OCH3 is 1. The van der Waals surface area contributed by atoms with E-state index in [1.807, 2.05) is 6.07 Å². The molecule has 25 heavy (non-hydrogen) atoms. The number of halogens is 1. The van der Waals surface area contributed by atoms with Crippen molar-refractivity contribution in [2.75, 3.05) is 7.11 Å². The van der Waals surface area contributed by atoms with E-state index in [0.29, 0.717) is 16.3 Å². The Morgan fingerprint density at radius 1 is 0.920 bits per heavy atom. The van der Waals surface area contributed by atoms with Gasteiger partial charge in [-0.15, -0.1) is 0 Å². The first-order valence-corrected chi connectivity index (χ1v) is 7.92. The minimum atomic E-state index is -0.858. The summed E-state index contributed by atoms with van der Waals surface area (Å²) >= 11 is 5.98. The van der Waals surface area contributed by atoms with E-state index >= 15 is 0 Å². The number of hydrogen-bond acceptors (Lipinski definition) is 4. The topological polar surface area (TPSA) is 66.9 Å². The molecule has 2 aromatic rings. The van der Waals surface area contributed by atoms with E-state index in [-0.39, 0.29) is 13.1 Å². The Hall–Kier alpha value is -2.86. The molecule has 4 amide bonds. The van der Waals surface area contributed by atoms with Gasteiger partial charge in [0, 0.05) is 10.6 Å². The van der Waals surface area contributed by atoms with E-state index in [2.05, 4.69) is 0 Å². The predicted octanol–water partition coefficient (Wildman–Crippen LogP) is 2.84. The SMILES string of the molecule is COc1ccc(Cl)cc1CN1C(=O)C(=O)N(Cc2ccccc2)C1=O. The Morgan fingerprint density at radius 2 is 1.56 bits per heavy atom. The number of carbonyl (C=O) groups excluding carboxylic acids is 3. The highest BCUT2D eigenvalue weighted by Crippen LogP contribution is 2.26. The first-order chi connectivity index (χ1) is 12.0. The van der Waals surface area contributed by atoms with Crippen LogP contribution in [0.3, 0.4) is 0 Å². The molecular weight excluding hydrogens is 344 g/mol. The summed E-state index contributed by atoms with van der Waals surface area (Å²) in [5.41, 5.74) is 1.31. The lowest BCUT2D eigenvalue weighted by Gasteiger charge is -2.17. The maximum absolute atomic E-state index is 12.6. The Kier molecular flexibility index (Phi) is 4.72. The quantitative estimate of drug-likeness (QED) is 0.609. The fraction of sp³-hybridized carbons (Fsp3) is 0.167. The van der Waals surface area contributed by atoms with Crippen LogP contribution < -0.4 is 4.74 Å². The molecule has 0 spiro atoms. The third-order valence-corrected chi connectivity index (χ3v) is 4.12. The van der Waals surface area contributed by atoms with Gasteiger partial charge < -0.3 is 4.74 Å². The van der Waals surface area contributed by atoms with Crippen LogP contribution in [0, 0.1) is 0 Å². The number of amides is 4. The molecule has 1 heterocycles. The first kappa shape index (κ1) is 17.0. The van der Waals surface area contributed by atoms with Crippen molar-refractivity contribution in [3.63, 3.8) is 0 Å². The zero-order chi connectivity index (χ0) is 18.0. The summed E-state index contributed by atoms with van der Waals surface area (Å²) in [5, 5.41) is 0.447. The Balaban J connectivity index is 1.84. The first-order valence-electron chi connectivity index (χ1n) is 7.55. The molecule has 0 atom stereocenters. The highest BCUT2D eigenvalue weighted by Gasteiger charge is 2.44. The molecule has 1 fully saturated rings. The van der Waals surface area contributed by atoms with Gasteiger partial charge in [-0.2, -0.15) is 0 Å². The minimum Gasteiger partial charge on any atom is -0.496 e. The summed E-state index contributed by atoms with van der Waals surface area (Å²) < 4.78 is 5.22. The molecule has 3 rings (SSSR count). The summed E-state index contributed by atoms with van der Waals surface area (Å²) in [7, 11) is 1.48. The van der Waals surface area contributed by atoms with Gasteiger partial charge in [0.1, 0.15) is 5.75 Å². The molecule has 128 valence electrons. The lowest BCUT2D eigenvalue weighted by atomic mass is 10.2. The molecule has 6 nitrogen and oxygen atoms in total. The van der Waals surface area contributed by atoms with E-state index in [0.717, 1.165) is 15.4 Å². The number of benzene rings is 2. The number of hydrogen-bond donors (Lipinski definition) is 0. The van der Waals surface area contributed by atoms with Crippen molar-refractivity contribution >= 4 is 29.4 Å². The van der Waals surface area contributed by atoms with Gasteiger partial charge in [-0.25, -0.2) is 4.79 Å². The van der Waals surface area contributed by atoms with Crippen LogP contribution in [0.2, 0.25) is 5.02 Å². The molecule has 1 aliphatic rings. The third-order valence-electron chi connectivity index (χ3n) is 3.89. The summed E-state index contributed by atoms with van der Waals surface area (Å²) in [5.74, 6) is -1.21. The number of ether oxygens (including phenoxy) is 1. The molecule has 0 bridgehead atoms. The lowest BCUT2D eigenvalue weighted by Crippen LogP contribution is -2.32. The molecule has 0 aliphatic carbocycles. The van der Waals surface area contributed by atoms with Crippen LogP contribution in [0.25, 0.3) is 0 Å². The van der Waals surface area contributed by atoms with Crippen LogP contribution in [0.1, 0.15) is 11.1 Å². The molecule has 0 saturated carbocycles. The van der Waals surface area contributed by atoms with E-state index in [4.69, 9.17) is 16.3 Å². The van der Waals surface area contributed by atoms with Crippen LogP contribution in [0.5, 0.6) is 5.75 Å². The third kappa shape index (κ3) is 3.34. The standard InChI is InChI=1S/C18H15ClN2O4/c1-25-15-8-7-14(19)9-13(15)11-21-17(23)16(22)20(18(21)24)10-12-5-3-2-4-6-12/h2-9H,10-11H2,1H3. The Morgan fingerprint density at radius 3 is 2.20 bits per heavy atom. The Bertz CT molecular complexity index is 838. The summed E-state index contributed by atoms with van der Waals surface area (Å²) in [6.07, 6.45) is 0. The van der Waals surface area contributed by atoms with E-state index in [1.54, 1.807) is 42.5 Å². The number of nitrogens with zero attached hydrogens (tertiary/aromatic N) is 2. The van der Waals surface area contributed by atoms with Crippen LogP contribution in [-0.4, -0.2) is 34.8 Å². The van der Waals surface area contributed by atoms with Crippen molar-refractivity contribution in [2.24, 2.45) is 0 Å². The van der Waals surface area contributed by atoms with Crippen molar-refractivity contribution in [2.45, 2.75) is 13.1 Å². The van der Waals surface area contributed by atoms with Crippen molar-refractivity contribution in [3.8, 4) is 5.75 Å². The smallest absolute Gasteiger partial charge is 0.334 e. The monoisotopic (exact) mass is 358 g/mol. The van der Waals surface area contributed by atoms with E-state index in [1.165, 1.54) is 7.11 Å². The molecule has 0 unspecified atom stereocenters. The second-order valence-electron chi connectivity index (χ2n) is 5.51. The lowest BCUT2D eigenvalue weighted by molar-refractivity contribution is -0.143. The number of rotatable bonds is 5. The highest BCUT2D eigenvalue weighted by molar-refractivity contribution is 6.44. The minimum absolute atomic E-state index is 0.0490. The van der Waals surface area contributed by atoms with Gasteiger partial charge in [0.2, 0.25) is 0 Å². The average Bonchev–Trinajstić information content (AvgIpc) is 2.81. The molecule has 0 radical (unpaired) electrons. The molecular formula is C18H15ClN2O4. The second kappa shape index (κ2) is 6.94. The van der Waals surface area contributed by atoms with Gasteiger partial charge in [0.15, 0.2) is 0 Å². The van der Waals surface area contributed by atoms with Crippen LogP contribution in [0.4, 0.5) is 4.79 Å². The molecule has 0 N–H and O–H groups in total. The predicted molar refractivity (Wildman–Crippen MR) is 90.9 cm³/mol. The van der Waals surface area contributed by atoms with Crippen LogP contribution in [-0.2, 0) is 22.7 Å². The van der Waals surface area contributed by atoms with Crippen LogP contribution >= 0.6 is 11.6 Å². The van der Waals surface area contributed by atoms with Gasteiger partial charge in [-0.3, -0.25) is 19.4 Å². The van der Waals surface area contributed by atoms with Crippen molar-refractivity contribution in [1.29, 1.82) is 0 Å². The molecule has 0 aromatic heterocycles. The molecule has 1 aliphatic heterocycles. The Labute approximate surface area is 149 Å². The zero-order valence-corrected chi connectivity index (χ0v) is 14.2. The van der Waals surface area contributed by atoms with Gasteiger partial charge in [-0.05, 0) is 23.8 Å². The number of urea groups is 1. The van der Waals surface area contributed by atoms with E-state index < -0.39 is 17.8 Å². The average molecular weight is 359 g/mol. The fourth-order valence-electron chi connectivity index (χ4n) is 2.64. The van der Waals surface area contributed by atoms with Crippen molar-refractivity contribution < 1.29 is 19.1 Å². The summed E-state index contributed by atoms with van der Waals surface area (Å²) in [6.45, 7) is -0.0359. The number of carbonyl (C=O) groups is 3. The maximum atomic E-state index is 12.6. The van der Waals surface area contributed by atoms with Gasteiger partial charge in [0.05, 0.1) is 20.2 Å². The zero-order valence-electron chi connectivity index (χ0n) is 13.4. The fourth-order valence-corrected chi connectivity index (χ4v) is 2.83. The van der Waals surface area contributed by atoms with E-state index in [9.17, 15) is 14.4 Å². The maximum Gasteiger partial charge on any atom is 0.334 e. The largest absolute Gasteiger partial charge is 0.496 e. The summed E-state index contributed by atoms with van der Waals surface area (Å²) in [6, 6.07) is 13.2. The van der Waals surface area contributed by atoms with Gasteiger partial charge in [0.25, 0.3) is 0 Å². The number of imide groups is 2. The molecule has 7 heteroatoms. The van der Waals surface area contributed by atoms with Crippen LogP contribution in [0.15, 0.2) is 48.5 Å². The molecule has 1 saturated heterocycles. The van der Waals surface area contributed by atoms with Gasteiger partial charge >= 0.3 is 17.8 Å². The normalized spacial score (nSPS) is 14.4. The van der Waals surface area contributed by atoms with Gasteiger partial charge in [-0.1, -0.05) is 41.9 Å². The second-order valence-corrected chi connectivity index (χ2v) is 5.94. The highest BCUT2D eigenvalue weighted by atomic mass is 35.5. The summed E-state index contributed by atoms with van der Waals surface area (Å²) in [4.78, 5) is 38.8. The van der Waals surface area contributed by atoms with Crippen molar-refractivity contribution in [1.82, 2.24) is 9.80 Å². The molecule has 2 aromatic carbocycles. The van der Waals surface area contributed by atoms with Crippen molar-refractivity contribution in [3.05, 3.63) is 64.7 Å².